The number of aryl methyl sites for hydroxylation is 1. The van der Waals surface area contributed by atoms with Crippen molar-refractivity contribution in [2.45, 2.75) is 18.9 Å². The average molecular weight is 378 g/mol. The van der Waals surface area contributed by atoms with Gasteiger partial charge in [-0.3, -0.25) is 4.79 Å². The Balaban J connectivity index is 1.89. The molecule has 0 spiro atoms. The smallest absolute Gasteiger partial charge is 0.168 e. The molecular formula is C17H15IO2. The number of aliphatic hydroxyl groups is 1. The molecule has 2 aromatic rings. The second-order valence-electron chi connectivity index (χ2n) is 5.16. The van der Waals surface area contributed by atoms with Gasteiger partial charge in [0, 0.05) is 9.13 Å². The normalized spacial score (nSPS) is 21.3. The van der Waals surface area contributed by atoms with Gasteiger partial charge in [0.2, 0.25) is 0 Å². The Morgan fingerprint density at radius 2 is 1.80 bits per heavy atom. The van der Waals surface area contributed by atoms with Crippen molar-refractivity contribution in [3.8, 4) is 0 Å². The molecule has 0 fully saturated rings. The van der Waals surface area contributed by atoms with Crippen LogP contribution in [0.4, 0.5) is 0 Å². The van der Waals surface area contributed by atoms with Gasteiger partial charge in [-0.25, -0.2) is 0 Å². The fourth-order valence-corrected chi connectivity index (χ4v) is 3.20. The zero-order valence-corrected chi connectivity index (χ0v) is 13.1. The maximum Gasteiger partial charge on any atom is 0.168 e. The summed E-state index contributed by atoms with van der Waals surface area (Å²) in [5, 5.41) is 10.5. The van der Waals surface area contributed by atoms with Crippen LogP contribution in [0.15, 0.2) is 48.5 Å². The first-order chi connectivity index (χ1) is 9.66. The van der Waals surface area contributed by atoms with Gasteiger partial charge in [0.15, 0.2) is 5.78 Å². The highest BCUT2D eigenvalue weighted by Gasteiger charge is 2.33. The molecule has 0 heterocycles. The van der Waals surface area contributed by atoms with Crippen molar-refractivity contribution in [1.29, 1.82) is 0 Å². The molecule has 0 amide bonds. The quantitative estimate of drug-likeness (QED) is 0.638. The predicted molar refractivity (Wildman–Crippen MR) is 86.7 cm³/mol. The molecule has 0 aromatic heterocycles. The topological polar surface area (TPSA) is 37.3 Å². The lowest BCUT2D eigenvalue weighted by molar-refractivity contribution is 0.0623. The van der Waals surface area contributed by atoms with Crippen molar-refractivity contribution in [3.05, 3.63) is 68.8 Å². The molecule has 0 unspecified atom stereocenters. The van der Waals surface area contributed by atoms with Crippen LogP contribution in [0.5, 0.6) is 0 Å². The van der Waals surface area contributed by atoms with Crippen molar-refractivity contribution in [2.24, 2.45) is 5.92 Å². The molecule has 1 aliphatic carbocycles. The Labute approximate surface area is 132 Å². The summed E-state index contributed by atoms with van der Waals surface area (Å²) in [7, 11) is 0. The highest BCUT2D eigenvalue weighted by Crippen LogP contribution is 2.36. The molecule has 2 aromatic carbocycles. The largest absolute Gasteiger partial charge is 0.388 e. The number of Topliss-reactive ketones (excluding diaryl/α,β-unsaturated/α-hetero) is 1. The molecule has 0 radical (unpaired) electrons. The summed E-state index contributed by atoms with van der Waals surface area (Å²) in [6.07, 6.45) is 0.878. The van der Waals surface area contributed by atoms with Crippen LogP contribution in [0.1, 0.15) is 34.0 Å². The lowest BCUT2D eigenvalue weighted by Crippen LogP contribution is -2.27. The monoisotopic (exact) mass is 378 g/mol. The van der Waals surface area contributed by atoms with Crippen molar-refractivity contribution in [3.63, 3.8) is 0 Å². The van der Waals surface area contributed by atoms with Crippen LogP contribution in [0.3, 0.4) is 0 Å². The van der Waals surface area contributed by atoms with E-state index in [0.29, 0.717) is 12.0 Å². The molecule has 102 valence electrons. The minimum atomic E-state index is -0.688. The van der Waals surface area contributed by atoms with Gasteiger partial charge in [-0.05, 0) is 58.7 Å². The Morgan fingerprint density at radius 1 is 1.10 bits per heavy atom. The summed E-state index contributed by atoms with van der Waals surface area (Å²) >= 11 is 2.22. The van der Waals surface area contributed by atoms with Gasteiger partial charge in [0.1, 0.15) is 0 Å². The van der Waals surface area contributed by atoms with Crippen LogP contribution in [0, 0.1) is 9.49 Å². The van der Waals surface area contributed by atoms with Gasteiger partial charge in [0.25, 0.3) is 0 Å². The maximum atomic E-state index is 12.6. The van der Waals surface area contributed by atoms with Crippen LogP contribution >= 0.6 is 22.6 Å². The summed E-state index contributed by atoms with van der Waals surface area (Å²) in [5.74, 6) is -0.284. The number of carbonyl (C=O) groups is 1. The molecular weight excluding hydrogens is 363 g/mol. The molecule has 0 saturated carbocycles. The summed E-state index contributed by atoms with van der Waals surface area (Å²) < 4.78 is 1.11. The molecule has 1 aliphatic rings. The number of aliphatic hydroxyl groups excluding tert-OH is 1. The summed E-state index contributed by atoms with van der Waals surface area (Å²) in [6, 6.07) is 15.4. The zero-order valence-electron chi connectivity index (χ0n) is 10.9. The SMILES string of the molecule is O=C(c1ccc(I)cc1)[C@H]1CCc2ccccc2[C@H]1O. The second kappa shape index (κ2) is 5.66. The van der Waals surface area contributed by atoms with Crippen molar-refractivity contribution >= 4 is 28.4 Å². The lowest BCUT2D eigenvalue weighted by atomic mass is 9.78. The Kier molecular flexibility index (Phi) is 3.89. The molecule has 3 heteroatoms. The summed E-state index contributed by atoms with van der Waals surface area (Å²) in [6.45, 7) is 0. The number of rotatable bonds is 2. The summed E-state index contributed by atoms with van der Waals surface area (Å²) in [4.78, 5) is 12.6. The van der Waals surface area contributed by atoms with Gasteiger partial charge in [0.05, 0.1) is 12.0 Å². The molecule has 1 N–H and O–H groups in total. The van der Waals surface area contributed by atoms with E-state index in [1.54, 1.807) is 0 Å². The van der Waals surface area contributed by atoms with Crippen LogP contribution in [-0.2, 0) is 6.42 Å². The molecule has 20 heavy (non-hydrogen) atoms. The number of benzene rings is 2. The first-order valence-electron chi connectivity index (χ1n) is 6.72. The van der Waals surface area contributed by atoms with Crippen molar-refractivity contribution in [1.82, 2.24) is 0 Å². The van der Waals surface area contributed by atoms with Crippen LogP contribution in [0.2, 0.25) is 0 Å². The van der Waals surface area contributed by atoms with E-state index < -0.39 is 6.10 Å². The standard InChI is InChI=1S/C17H15IO2/c18-13-8-5-12(6-9-13)16(19)15-10-7-11-3-1-2-4-14(11)17(15)20/h1-6,8-9,15,17,20H,7,10H2/t15-,17-/m1/s1. The summed E-state index contributed by atoms with van der Waals surface area (Å²) in [5.41, 5.74) is 2.75. The van der Waals surface area contributed by atoms with E-state index in [0.717, 1.165) is 21.1 Å². The lowest BCUT2D eigenvalue weighted by Gasteiger charge is -2.29. The highest BCUT2D eigenvalue weighted by molar-refractivity contribution is 14.1. The first-order valence-corrected chi connectivity index (χ1v) is 7.80. The minimum absolute atomic E-state index is 0.0448. The van der Waals surface area contributed by atoms with E-state index >= 15 is 0 Å². The van der Waals surface area contributed by atoms with E-state index in [1.807, 2.05) is 48.5 Å². The number of hydrogen-bond donors (Lipinski definition) is 1. The number of fused-ring (bicyclic) bond motifs is 1. The molecule has 2 atom stereocenters. The second-order valence-corrected chi connectivity index (χ2v) is 6.41. The fraction of sp³-hybridized carbons (Fsp3) is 0.235. The Hall–Kier alpha value is -1.20. The highest BCUT2D eigenvalue weighted by atomic mass is 127. The zero-order chi connectivity index (χ0) is 14.1. The molecule has 0 bridgehead atoms. The Morgan fingerprint density at radius 3 is 2.55 bits per heavy atom. The molecule has 2 nitrogen and oxygen atoms in total. The number of carbonyl (C=O) groups excluding carboxylic acids is 1. The molecule has 0 aliphatic heterocycles. The van der Waals surface area contributed by atoms with Gasteiger partial charge in [-0.15, -0.1) is 0 Å². The Bertz CT molecular complexity index is 634. The van der Waals surface area contributed by atoms with E-state index in [9.17, 15) is 9.90 Å². The van der Waals surface area contributed by atoms with E-state index in [4.69, 9.17) is 0 Å². The third kappa shape index (κ3) is 2.52. The third-order valence-electron chi connectivity index (χ3n) is 3.95. The third-order valence-corrected chi connectivity index (χ3v) is 4.66. The van der Waals surface area contributed by atoms with Crippen LogP contribution < -0.4 is 0 Å². The minimum Gasteiger partial charge on any atom is -0.388 e. The van der Waals surface area contributed by atoms with E-state index in [2.05, 4.69) is 22.6 Å². The van der Waals surface area contributed by atoms with Crippen molar-refractivity contribution in [2.75, 3.05) is 0 Å². The molecule has 3 rings (SSSR count). The van der Waals surface area contributed by atoms with E-state index in [-0.39, 0.29) is 11.7 Å². The van der Waals surface area contributed by atoms with Gasteiger partial charge >= 0.3 is 0 Å². The predicted octanol–water partition coefficient (Wildman–Crippen LogP) is 3.77. The van der Waals surface area contributed by atoms with Crippen LogP contribution in [0.25, 0.3) is 0 Å². The van der Waals surface area contributed by atoms with Gasteiger partial charge < -0.3 is 5.11 Å². The molecule has 0 saturated heterocycles. The number of halogens is 1. The van der Waals surface area contributed by atoms with Gasteiger partial charge in [-0.1, -0.05) is 36.4 Å². The average Bonchev–Trinajstić information content (AvgIpc) is 2.48. The fourth-order valence-electron chi connectivity index (χ4n) is 2.84. The van der Waals surface area contributed by atoms with E-state index in [1.165, 1.54) is 0 Å². The van der Waals surface area contributed by atoms with Gasteiger partial charge in [-0.2, -0.15) is 0 Å². The first kappa shape index (κ1) is 13.8. The number of hydrogen-bond acceptors (Lipinski definition) is 2. The maximum absolute atomic E-state index is 12.6. The van der Waals surface area contributed by atoms with Crippen LogP contribution in [-0.4, -0.2) is 10.9 Å². The van der Waals surface area contributed by atoms with Crippen molar-refractivity contribution < 1.29 is 9.90 Å². The number of ketones is 1.